The molecule has 24 nitrogen and oxygen atoms in total. The van der Waals surface area contributed by atoms with Gasteiger partial charge >= 0.3 is 20.6 Å². The number of anilines is 2. The number of carbonyl (C=O) groups is 1. The van der Waals surface area contributed by atoms with Gasteiger partial charge in [0.25, 0.3) is 11.1 Å². The van der Waals surface area contributed by atoms with Crippen molar-refractivity contribution in [2.24, 2.45) is 5.41 Å². The van der Waals surface area contributed by atoms with Crippen LogP contribution in [0.1, 0.15) is 33.2 Å². The third-order valence-electron chi connectivity index (χ3n) is 8.35. The van der Waals surface area contributed by atoms with Crippen LogP contribution in [-0.2, 0) is 46.2 Å². The second kappa shape index (κ2) is 14.0. The first-order chi connectivity index (χ1) is 25.3. The number of ether oxygens (including phenoxy) is 3. The van der Waals surface area contributed by atoms with E-state index in [2.05, 4.69) is 29.9 Å². The number of aromatic amines is 2. The van der Waals surface area contributed by atoms with E-state index in [1.165, 1.54) is 0 Å². The first-order valence-electron chi connectivity index (χ1n) is 15.8. The van der Waals surface area contributed by atoms with E-state index in [-0.39, 0.29) is 34.2 Å². The molecule has 7 heterocycles. The van der Waals surface area contributed by atoms with Gasteiger partial charge in [-0.2, -0.15) is 9.97 Å². The number of nitrogen functional groups attached to an aromatic ring is 2. The molecule has 3 aliphatic rings. The van der Waals surface area contributed by atoms with Gasteiger partial charge < -0.3 is 35.7 Å². The Labute approximate surface area is 304 Å². The van der Waals surface area contributed by atoms with Crippen LogP contribution in [0.2, 0.25) is 0 Å². The van der Waals surface area contributed by atoms with Crippen LogP contribution >= 0.6 is 26.0 Å². The summed E-state index contributed by atoms with van der Waals surface area (Å²) in [6.45, 7) is -1.70. The van der Waals surface area contributed by atoms with E-state index in [9.17, 15) is 33.5 Å². The predicted octanol–water partition coefficient (Wildman–Crippen LogP) is 0.217. The third kappa shape index (κ3) is 7.31. The van der Waals surface area contributed by atoms with E-state index in [1.807, 2.05) is 0 Å². The van der Waals surface area contributed by atoms with Crippen molar-refractivity contribution in [3.05, 3.63) is 33.4 Å². The molecule has 0 radical (unpaired) electrons. The maximum atomic E-state index is 16.3. The Morgan fingerprint density at radius 2 is 1.52 bits per heavy atom. The molecule has 10 atom stereocenters. The first-order valence-corrected chi connectivity index (χ1v) is 20.5. The molecule has 28 heteroatoms. The monoisotopic (exact) mass is 822 g/mol. The van der Waals surface area contributed by atoms with E-state index >= 15 is 4.39 Å². The standard InChI is InChI=1S/C26H33FN10O14P2S/c1-26(2,3)23(41)45-8-54-53(44)47-5-10-15(11(27)21(49-10)36-6-30-12-17(36)32-24(28)34-19(12)39)50-52(42,43)46-4-9-14(38)16(51-53)22(48-9)37-7-31-13-18(37)33-25(29)35-20(13)40/h6-7,9-11,14-16,21-22,38H,4-5,8H2,1-3H3,(H,42,43)(H3,28,32,34,39)(H3,29,33,35,40). The fourth-order valence-corrected chi connectivity index (χ4v) is 9.48. The van der Waals surface area contributed by atoms with Crippen molar-refractivity contribution in [3.8, 4) is 0 Å². The number of H-pyrrole nitrogens is 2. The van der Waals surface area contributed by atoms with Gasteiger partial charge in [0.2, 0.25) is 11.9 Å². The molecule has 4 aromatic rings. The lowest BCUT2D eigenvalue weighted by Crippen LogP contribution is -2.35. The van der Waals surface area contributed by atoms with E-state index in [1.54, 1.807) is 20.8 Å². The van der Waals surface area contributed by atoms with Gasteiger partial charge in [0.1, 0.15) is 36.5 Å². The average molecular weight is 823 g/mol. The number of carbonyl (C=O) groups excluding carboxylic acids is 1. The highest BCUT2D eigenvalue weighted by molar-refractivity contribution is 8.55. The topological polar surface area (TPSA) is 335 Å². The van der Waals surface area contributed by atoms with Crippen molar-refractivity contribution < 1.29 is 60.6 Å². The quantitative estimate of drug-likeness (QED) is 0.0890. The van der Waals surface area contributed by atoms with Crippen molar-refractivity contribution in [1.29, 1.82) is 0 Å². The van der Waals surface area contributed by atoms with Crippen molar-refractivity contribution in [2.75, 3.05) is 30.6 Å². The number of aliphatic hydroxyl groups is 1. The smallest absolute Gasteiger partial charge is 0.454 e. The van der Waals surface area contributed by atoms with Crippen LogP contribution in [0.4, 0.5) is 16.3 Å². The summed E-state index contributed by atoms with van der Waals surface area (Å²) in [7, 11) is -5.24. The predicted molar refractivity (Wildman–Crippen MR) is 181 cm³/mol. The molecule has 0 spiro atoms. The van der Waals surface area contributed by atoms with E-state index in [0.29, 0.717) is 11.4 Å². The lowest BCUT2D eigenvalue weighted by molar-refractivity contribution is -0.150. The number of hydrogen-bond acceptors (Lipinski definition) is 20. The summed E-state index contributed by atoms with van der Waals surface area (Å²) in [6.07, 6.45) is -12.1. The first kappa shape index (κ1) is 38.5. The maximum Gasteiger partial charge on any atom is 0.472 e. The van der Waals surface area contributed by atoms with Crippen LogP contribution in [0.5, 0.6) is 0 Å². The van der Waals surface area contributed by atoms with Gasteiger partial charge in [0.15, 0.2) is 41.0 Å². The second-order valence-electron chi connectivity index (χ2n) is 13.2. The number of phosphoric acid groups is 1. The summed E-state index contributed by atoms with van der Waals surface area (Å²) in [6, 6.07) is 0. The number of aromatic nitrogens is 8. The van der Waals surface area contributed by atoms with Crippen LogP contribution in [0.15, 0.2) is 22.2 Å². The van der Waals surface area contributed by atoms with Crippen molar-refractivity contribution >= 4 is 66.2 Å². The number of hydrogen-bond donors (Lipinski definition) is 6. The minimum absolute atomic E-state index is 0.143. The summed E-state index contributed by atoms with van der Waals surface area (Å²) >= 11 is 0.369. The number of nitrogens with zero attached hydrogens (tertiary/aromatic N) is 6. The van der Waals surface area contributed by atoms with Crippen molar-refractivity contribution in [2.45, 2.75) is 69.9 Å². The molecule has 3 fully saturated rings. The summed E-state index contributed by atoms with van der Waals surface area (Å²) < 4.78 is 85.5. The fraction of sp³-hybridized carbons (Fsp3) is 0.577. The summed E-state index contributed by atoms with van der Waals surface area (Å²) in [5, 5.41) is 11.4. The molecule has 8 N–H and O–H groups in total. The highest BCUT2D eigenvalue weighted by Crippen LogP contribution is 2.64. The number of aliphatic hydroxyl groups excluding tert-OH is 1. The number of rotatable bonds is 5. The molecule has 2 bridgehead atoms. The van der Waals surface area contributed by atoms with Crippen LogP contribution in [0, 0.1) is 5.41 Å². The van der Waals surface area contributed by atoms with Gasteiger partial charge in [-0.3, -0.25) is 51.6 Å². The van der Waals surface area contributed by atoms with Gasteiger partial charge in [-0.1, -0.05) is 0 Å². The Morgan fingerprint density at radius 3 is 2.11 bits per heavy atom. The van der Waals surface area contributed by atoms with Gasteiger partial charge in [0.05, 0.1) is 31.3 Å². The fourth-order valence-electron chi connectivity index (χ4n) is 5.75. The number of halogens is 1. The zero-order valence-electron chi connectivity index (χ0n) is 28.2. The van der Waals surface area contributed by atoms with Crippen LogP contribution < -0.4 is 22.6 Å². The normalized spacial score (nSPS) is 33.6. The molecule has 0 amide bonds. The van der Waals surface area contributed by atoms with Crippen LogP contribution in [0.25, 0.3) is 22.3 Å². The van der Waals surface area contributed by atoms with Crippen LogP contribution in [0.3, 0.4) is 0 Å². The van der Waals surface area contributed by atoms with Crippen LogP contribution in [-0.4, -0.2) is 111 Å². The molecule has 294 valence electrons. The Morgan fingerprint density at radius 1 is 0.963 bits per heavy atom. The molecule has 4 aromatic heterocycles. The molecule has 3 saturated heterocycles. The highest BCUT2D eigenvalue weighted by atomic mass is 32.7. The lowest BCUT2D eigenvalue weighted by atomic mass is 9.98. The van der Waals surface area contributed by atoms with Crippen molar-refractivity contribution in [1.82, 2.24) is 39.0 Å². The summed E-state index contributed by atoms with van der Waals surface area (Å²) in [5.41, 5.74) is 8.23. The Hall–Kier alpha value is -3.81. The van der Waals surface area contributed by atoms with Gasteiger partial charge in [-0.25, -0.2) is 23.5 Å². The molecule has 0 aliphatic carbocycles. The number of nitrogens with two attached hydrogens (primary N) is 2. The Balaban J connectivity index is 1.25. The molecule has 0 saturated carbocycles. The maximum absolute atomic E-state index is 16.3. The third-order valence-corrected chi connectivity index (χ3v) is 12.7. The Bertz CT molecular complexity index is 2320. The average Bonchev–Trinajstić information content (AvgIpc) is 3.83. The summed E-state index contributed by atoms with van der Waals surface area (Å²) in [5.74, 6) is -1.92. The number of phosphoric ester groups is 1. The zero-order valence-corrected chi connectivity index (χ0v) is 30.8. The molecule has 0 aromatic carbocycles. The van der Waals surface area contributed by atoms with Crippen molar-refractivity contribution in [3.63, 3.8) is 0 Å². The Kier molecular flexibility index (Phi) is 10.0. The molecular weight excluding hydrogens is 789 g/mol. The molecule has 7 rings (SSSR count). The van der Waals surface area contributed by atoms with E-state index in [4.69, 9.17) is 43.8 Å². The van der Waals surface area contributed by atoms with Gasteiger partial charge in [0, 0.05) is 11.4 Å². The molecule has 54 heavy (non-hydrogen) atoms. The summed E-state index contributed by atoms with van der Waals surface area (Å²) in [4.78, 5) is 68.7. The lowest BCUT2D eigenvalue weighted by Gasteiger charge is -2.28. The molecular formula is C26H33FN10O14P2S. The number of nitrogens with one attached hydrogen (secondary N) is 2. The number of alkyl halides is 1. The van der Waals surface area contributed by atoms with Gasteiger partial charge in [-0.05, 0) is 20.8 Å². The highest BCUT2D eigenvalue weighted by Gasteiger charge is 2.55. The SMILES string of the molecule is CC(C)(C)C(=O)OCSP1(=O)OCC2OC(n3cnc4c(=O)[nH]c(N)nc43)C(F)C2OP(=O)(O)OCC2OC(n3cnc4c(=O)[nH]c(N)nc43)C(O1)C2O. The molecule has 10 unspecified atom stereocenters. The zero-order chi connectivity index (χ0) is 38.9. The van der Waals surface area contributed by atoms with E-state index < -0.39 is 105 Å². The van der Waals surface area contributed by atoms with Gasteiger partial charge in [-0.15, -0.1) is 0 Å². The second-order valence-corrected chi connectivity index (χ2v) is 18.6. The molecule has 3 aliphatic heterocycles. The number of imidazole rings is 2. The number of esters is 1. The largest absolute Gasteiger partial charge is 0.472 e. The number of fused-ring (bicyclic) bond motifs is 5. The minimum Gasteiger partial charge on any atom is -0.454 e. The van der Waals surface area contributed by atoms with E-state index in [0.717, 1.165) is 21.8 Å². The minimum atomic E-state index is -5.24.